The van der Waals surface area contributed by atoms with Crippen LogP contribution in [0.25, 0.3) is 22.3 Å². The van der Waals surface area contributed by atoms with E-state index in [1.165, 1.54) is 12.4 Å². The molecule has 0 bridgehead atoms. The quantitative estimate of drug-likeness (QED) is 0.492. The fourth-order valence-corrected chi connectivity index (χ4v) is 4.46. The molecule has 0 spiro atoms. The third kappa shape index (κ3) is 4.46. The number of aromatic amines is 1. The van der Waals surface area contributed by atoms with Crippen LogP contribution in [0.5, 0.6) is 5.75 Å². The zero-order valence-electron chi connectivity index (χ0n) is 18.6. The highest BCUT2D eigenvalue weighted by Crippen LogP contribution is 2.40. The lowest BCUT2D eigenvalue weighted by atomic mass is 10.0. The fourth-order valence-electron chi connectivity index (χ4n) is 4.46. The number of H-pyrrole nitrogens is 1. The zero-order chi connectivity index (χ0) is 24.0. The highest BCUT2D eigenvalue weighted by atomic mass is 19.4. The Morgan fingerprint density at radius 3 is 2.71 bits per heavy atom. The Balaban J connectivity index is 1.56. The lowest BCUT2D eigenvalue weighted by Crippen LogP contribution is -2.33. The summed E-state index contributed by atoms with van der Waals surface area (Å²) in [6.07, 6.45) is 0.159. The standard InChI is InChI=1S/C24H25F3N4O3/c1-12-19(23(33)31-15-5-6-16(32)9-15)21-22(30-12)20(28-11-29-21)17-8-14(24(25,26)27)4-7-18(17)34-10-13-2-3-13/h4,7-8,11,13,15-16,30,32H,2-3,5-6,9-10H2,1H3,(H,31,33)/t15-,16-/m1/s1. The number of carbonyl (C=O) groups excluding carboxylic acids is 1. The number of ether oxygens (including phenoxy) is 1. The minimum absolute atomic E-state index is 0.140. The second kappa shape index (κ2) is 8.57. The number of amides is 1. The molecule has 2 fully saturated rings. The summed E-state index contributed by atoms with van der Waals surface area (Å²) in [4.78, 5) is 24.7. The molecule has 7 nitrogen and oxygen atoms in total. The van der Waals surface area contributed by atoms with Crippen molar-refractivity contribution in [3.8, 4) is 17.0 Å². The van der Waals surface area contributed by atoms with Gasteiger partial charge in [-0.3, -0.25) is 4.79 Å². The molecule has 3 aromatic rings. The van der Waals surface area contributed by atoms with E-state index in [-0.39, 0.29) is 23.2 Å². The number of fused-ring (bicyclic) bond motifs is 1. The number of hydrogen-bond donors (Lipinski definition) is 3. The molecule has 1 aromatic carbocycles. The Bertz CT molecular complexity index is 1240. The lowest BCUT2D eigenvalue weighted by molar-refractivity contribution is -0.137. The monoisotopic (exact) mass is 474 g/mol. The van der Waals surface area contributed by atoms with Crippen LogP contribution in [-0.2, 0) is 6.18 Å². The number of alkyl halides is 3. The van der Waals surface area contributed by atoms with Gasteiger partial charge in [0.1, 0.15) is 23.3 Å². The first-order valence-corrected chi connectivity index (χ1v) is 11.4. The molecule has 0 radical (unpaired) electrons. The predicted molar refractivity (Wildman–Crippen MR) is 118 cm³/mol. The number of nitrogens with one attached hydrogen (secondary N) is 2. The van der Waals surface area contributed by atoms with Crippen molar-refractivity contribution in [2.75, 3.05) is 6.61 Å². The van der Waals surface area contributed by atoms with Crippen molar-refractivity contribution >= 4 is 16.9 Å². The molecule has 2 aromatic heterocycles. The number of rotatable bonds is 6. The largest absolute Gasteiger partial charge is 0.493 e. The highest BCUT2D eigenvalue weighted by Gasteiger charge is 2.33. The summed E-state index contributed by atoms with van der Waals surface area (Å²) in [6.45, 7) is 2.14. The number of aliphatic hydroxyl groups excluding tert-OH is 1. The van der Waals surface area contributed by atoms with Gasteiger partial charge in [-0.2, -0.15) is 13.2 Å². The summed E-state index contributed by atoms with van der Waals surface area (Å²) in [6, 6.07) is 3.21. The van der Waals surface area contributed by atoms with E-state index >= 15 is 0 Å². The van der Waals surface area contributed by atoms with Gasteiger partial charge in [0, 0.05) is 17.3 Å². The van der Waals surface area contributed by atoms with Crippen LogP contribution in [0.2, 0.25) is 0 Å². The number of benzene rings is 1. The van der Waals surface area contributed by atoms with E-state index in [1.54, 1.807) is 6.92 Å². The maximum absolute atomic E-state index is 13.5. The summed E-state index contributed by atoms with van der Waals surface area (Å²) >= 11 is 0. The summed E-state index contributed by atoms with van der Waals surface area (Å²) in [7, 11) is 0. The predicted octanol–water partition coefficient (Wildman–Crippen LogP) is 4.38. The van der Waals surface area contributed by atoms with Crippen LogP contribution in [0, 0.1) is 12.8 Å². The van der Waals surface area contributed by atoms with Gasteiger partial charge in [-0.05, 0) is 63.1 Å². The molecule has 1 amide bonds. The highest BCUT2D eigenvalue weighted by molar-refractivity contribution is 6.09. The second-order valence-corrected chi connectivity index (χ2v) is 9.17. The third-order valence-corrected chi connectivity index (χ3v) is 6.47. The Hall–Kier alpha value is -3.14. The molecule has 2 atom stereocenters. The molecule has 5 rings (SSSR count). The molecule has 34 heavy (non-hydrogen) atoms. The SMILES string of the molecule is Cc1[nH]c2c(-c3cc(C(F)(F)F)ccc3OCC3CC3)ncnc2c1C(=O)N[C@@H]1CC[C@@H](O)C1. The smallest absolute Gasteiger partial charge is 0.416 e. The third-order valence-electron chi connectivity index (χ3n) is 6.47. The van der Waals surface area contributed by atoms with Crippen molar-refractivity contribution in [1.29, 1.82) is 0 Å². The molecule has 2 aliphatic carbocycles. The van der Waals surface area contributed by atoms with Crippen LogP contribution < -0.4 is 10.1 Å². The summed E-state index contributed by atoms with van der Waals surface area (Å²) < 4.78 is 46.4. The zero-order valence-corrected chi connectivity index (χ0v) is 18.6. The summed E-state index contributed by atoms with van der Waals surface area (Å²) in [5.74, 6) is 0.373. The van der Waals surface area contributed by atoms with Crippen molar-refractivity contribution in [2.45, 2.75) is 57.3 Å². The van der Waals surface area contributed by atoms with Crippen molar-refractivity contribution in [1.82, 2.24) is 20.3 Å². The number of aliphatic hydroxyl groups is 1. The molecule has 0 saturated heterocycles. The van der Waals surface area contributed by atoms with Gasteiger partial charge >= 0.3 is 6.18 Å². The molecule has 0 aliphatic heterocycles. The molecule has 10 heteroatoms. The first-order chi connectivity index (χ1) is 16.2. The Morgan fingerprint density at radius 1 is 1.24 bits per heavy atom. The van der Waals surface area contributed by atoms with Gasteiger partial charge < -0.3 is 20.1 Å². The lowest BCUT2D eigenvalue weighted by Gasteiger charge is -2.15. The van der Waals surface area contributed by atoms with Crippen molar-refractivity contribution in [3.05, 3.63) is 41.3 Å². The molecule has 2 saturated carbocycles. The van der Waals surface area contributed by atoms with Crippen LogP contribution >= 0.6 is 0 Å². The van der Waals surface area contributed by atoms with Gasteiger partial charge in [-0.1, -0.05) is 0 Å². The van der Waals surface area contributed by atoms with E-state index in [0.29, 0.717) is 59.8 Å². The molecular weight excluding hydrogens is 449 g/mol. The summed E-state index contributed by atoms with van der Waals surface area (Å²) in [5, 5.41) is 12.7. The summed E-state index contributed by atoms with van der Waals surface area (Å²) in [5.41, 5.74) is 1.15. The Morgan fingerprint density at radius 2 is 2.03 bits per heavy atom. The van der Waals surface area contributed by atoms with Gasteiger partial charge in [-0.15, -0.1) is 0 Å². The fraction of sp³-hybridized carbons (Fsp3) is 0.458. The average molecular weight is 474 g/mol. The molecule has 0 unspecified atom stereocenters. The number of hydrogen-bond acceptors (Lipinski definition) is 5. The Kier molecular flexibility index (Phi) is 5.71. The maximum Gasteiger partial charge on any atom is 0.416 e. The van der Waals surface area contributed by atoms with Crippen molar-refractivity contribution in [2.24, 2.45) is 5.92 Å². The van der Waals surface area contributed by atoms with Gasteiger partial charge in [0.05, 0.1) is 29.4 Å². The number of halogens is 3. The van der Waals surface area contributed by atoms with Crippen molar-refractivity contribution in [3.63, 3.8) is 0 Å². The normalized spacial score (nSPS) is 20.6. The van der Waals surface area contributed by atoms with Gasteiger partial charge in [0.2, 0.25) is 0 Å². The topological polar surface area (TPSA) is 100 Å². The minimum atomic E-state index is -4.53. The van der Waals surface area contributed by atoms with E-state index < -0.39 is 17.8 Å². The minimum Gasteiger partial charge on any atom is -0.493 e. The second-order valence-electron chi connectivity index (χ2n) is 9.17. The number of aromatic nitrogens is 3. The number of nitrogens with zero attached hydrogens (tertiary/aromatic N) is 2. The Labute approximate surface area is 193 Å². The average Bonchev–Trinajstić information content (AvgIpc) is 3.43. The number of carbonyl (C=O) groups is 1. The first-order valence-electron chi connectivity index (χ1n) is 11.4. The molecule has 2 aliphatic rings. The number of aryl methyl sites for hydroxylation is 1. The van der Waals surface area contributed by atoms with E-state index in [0.717, 1.165) is 25.0 Å². The molecular formula is C24H25F3N4O3. The van der Waals surface area contributed by atoms with Gasteiger partial charge in [0.25, 0.3) is 5.91 Å². The van der Waals surface area contributed by atoms with Crippen LogP contribution in [-0.4, -0.2) is 44.7 Å². The van der Waals surface area contributed by atoms with E-state index in [1.807, 2.05) is 0 Å². The van der Waals surface area contributed by atoms with E-state index in [9.17, 15) is 23.1 Å². The molecule has 3 N–H and O–H groups in total. The molecule has 180 valence electrons. The van der Waals surface area contributed by atoms with Crippen LogP contribution in [0.4, 0.5) is 13.2 Å². The van der Waals surface area contributed by atoms with Crippen molar-refractivity contribution < 1.29 is 27.8 Å². The molecule has 2 heterocycles. The van der Waals surface area contributed by atoms with Crippen LogP contribution in [0.3, 0.4) is 0 Å². The van der Waals surface area contributed by atoms with Gasteiger partial charge in [0.15, 0.2) is 0 Å². The van der Waals surface area contributed by atoms with Crippen LogP contribution in [0.1, 0.15) is 53.7 Å². The van der Waals surface area contributed by atoms with E-state index in [4.69, 9.17) is 4.74 Å². The van der Waals surface area contributed by atoms with Gasteiger partial charge in [-0.25, -0.2) is 9.97 Å². The first kappa shape index (κ1) is 22.6. The van der Waals surface area contributed by atoms with Crippen LogP contribution in [0.15, 0.2) is 24.5 Å². The maximum atomic E-state index is 13.5. The van der Waals surface area contributed by atoms with E-state index in [2.05, 4.69) is 20.3 Å².